The minimum Gasteiger partial charge on any atom is -0.360 e. The number of hydrogen-bond donors (Lipinski definition) is 3. The van der Waals surface area contributed by atoms with Crippen molar-refractivity contribution in [2.45, 2.75) is 6.92 Å². The molecule has 0 aliphatic carbocycles. The van der Waals surface area contributed by atoms with E-state index < -0.39 is 10.8 Å². The first-order chi connectivity index (χ1) is 12.9. The van der Waals surface area contributed by atoms with Gasteiger partial charge in [0.1, 0.15) is 17.3 Å². The van der Waals surface area contributed by atoms with Crippen molar-refractivity contribution in [3.63, 3.8) is 0 Å². The van der Waals surface area contributed by atoms with E-state index in [9.17, 15) is 25.0 Å². The van der Waals surface area contributed by atoms with Crippen molar-refractivity contribution in [3.05, 3.63) is 70.4 Å². The molecule has 2 rings (SSSR count). The molecule has 0 saturated carbocycles. The van der Waals surface area contributed by atoms with Gasteiger partial charge in [-0.15, -0.1) is 0 Å². The third-order valence-electron chi connectivity index (χ3n) is 3.30. The van der Waals surface area contributed by atoms with Gasteiger partial charge in [0.15, 0.2) is 0 Å². The molecule has 0 bridgehead atoms. The minimum absolute atomic E-state index is 0.00619. The summed E-state index contributed by atoms with van der Waals surface area (Å²) in [6.45, 7) is 1.39. The van der Waals surface area contributed by atoms with Gasteiger partial charge in [-0.05, 0) is 30.3 Å². The molecule has 2 aromatic rings. The Bertz CT molecular complexity index is 945. The first-order valence-corrected chi connectivity index (χ1v) is 7.70. The predicted octanol–water partition coefficient (Wildman–Crippen LogP) is 3.01. The summed E-state index contributed by atoms with van der Waals surface area (Å²) in [7, 11) is 0. The number of carbonyl (C=O) groups excluding carboxylic acids is 2. The number of rotatable bonds is 6. The van der Waals surface area contributed by atoms with E-state index in [2.05, 4.69) is 16.0 Å². The number of hydrogen-bond acceptors (Lipinski definition) is 6. The van der Waals surface area contributed by atoms with Crippen LogP contribution in [0, 0.1) is 21.4 Å². The van der Waals surface area contributed by atoms with Crippen molar-refractivity contribution < 1.29 is 14.5 Å². The number of benzene rings is 2. The number of nitro benzene ring substituents is 1. The van der Waals surface area contributed by atoms with Crippen molar-refractivity contribution in [2.75, 3.05) is 16.0 Å². The third-order valence-corrected chi connectivity index (χ3v) is 3.30. The van der Waals surface area contributed by atoms with E-state index in [-0.39, 0.29) is 22.9 Å². The van der Waals surface area contributed by atoms with Gasteiger partial charge >= 0.3 is 0 Å². The zero-order valence-electron chi connectivity index (χ0n) is 14.2. The average molecular weight is 365 g/mol. The van der Waals surface area contributed by atoms with E-state index in [1.165, 1.54) is 37.4 Å². The summed E-state index contributed by atoms with van der Waals surface area (Å²) in [6, 6.07) is 14.0. The van der Waals surface area contributed by atoms with Crippen LogP contribution in [0.1, 0.15) is 6.92 Å². The summed E-state index contributed by atoms with van der Waals surface area (Å²) in [5.41, 5.74) is 0.638. The molecule has 27 heavy (non-hydrogen) atoms. The van der Waals surface area contributed by atoms with Crippen LogP contribution in [0.4, 0.5) is 22.7 Å². The Morgan fingerprint density at radius 2 is 1.70 bits per heavy atom. The Labute approximate surface area is 154 Å². The van der Waals surface area contributed by atoms with Gasteiger partial charge in [-0.1, -0.05) is 12.1 Å². The fourth-order valence-corrected chi connectivity index (χ4v) is 2.09. The van der Waals surface area contributed by atoms with Crippen LogP contribution in [0.25, 0.3) is 0 Å². The maximum atomic E-state index is 12.2. The molecule has 0 heterocycles. The van der Waals surface area contributed by atoms with Crippen LogP contribution in [-0.2, 0) is 9.59 Å². The quantitative estimate of drug-likeness (QED) is 0.311. The molecule has 0 aliphatic heterocycles. The van der Waals surface area contributed by atoms with Gasteiger partial charge in [-0.25, -0.2) is 0 Å². The second-order valence-corrected chi connectivity index (χ2v) is 5.30. The van der Waals surface area contributed by atoms with E-state index >= 15 is 0 Å². The molecule has 0 spiro atoms. The highest BCUT2D eigenvalue weighted by Crippen LogP contribution is 2.23. The molecule has 0 aliphatic rings. The van der Waals surface area contributed by atoms with E-state index in [1.807, 2.05) is 0 Å². The van der Waals surface area contributed by atoms with Crippen LogP contribution in [0.3, 0.4) is 0 Å². The Balaban J connectivity index is 2.10. The lowest BCUT2D eigenvalue weighted by Crippen LogP contribution is -2.15. The molecule has 9 heteroatoms. The molecule has 9 nitrogen and oxygen atoms in total. The Morgan fingerprint density at radius 1 is 1.07 bits per heavy atom. The van der Waals surface area contributed by atoms with E-state index in [0.29, 0.717) is 11.4 Å². The van der Waals surface area contributed by atoms with Crippen molar-refractivity contribution in [3.8, 4) is 6.07 Å². The summed E-state index contributed by atoms with van der Waals surface area (Å²) >= 11 is 0. The summed E-state index contributed by atoms with van der Waals surface area (Å²) in [4.78, 5) is 33.5. The number of amides is 2. The fourth-order valence-electron chi connectivity index (χ4n) is 2.09. The number of anilines is 3. The molecule has 136 valence electrons. The molecule has 0 saturated heterocycles. The summed E-state index contributed by atoms with van der Waals surface area (Å²) in [6.07, 6.45) is 1.19. The van der Waals surface area contributed by atoms with Crippen LogP contribution in [0.2, 0.25) is 0 Å². The molecular formula is C18H15N5O4. The Morgan fingerprint density at radius 3 is 2.30 bits per heavy atom. The van der Waals surface area contributed by atoms with Crippen molar-refractivity contribution in [1.29, 1.82) is 5.26 Å². The lowest BCUT2D eigenvalue weighted by molar-refractivity contribution is -0.383. The largest absolute Gasteiger partial charge is 0.360 e. The van der Waals surface area contributed by atoms with Crippen LogP contribution in [-0.4, -0.2) is 16.7 Å². The number of para-hydroxylation sites is 2. The average Bonchev–Trinajstić information content (AvgIpc) is 2.63. The van der Waals surface area contributed by atoms with Crippen molar-refractivity contribution in [2.24, 2.45) is 0 Å². The maximum absolute atomic E-state index is 12.2. The molecule has 0 atom stereocenters. The standard InChI is InChI=1S/C18H15N5O4/c1-12(24)21-15-8-6-14(7-9-15)20-11-13(10-19)18(25)22-16-4-2-3-5-17(16)23(26)27/h2-9,11,20H,1H3,(H,21,24)(H,22,25)/b13-11-. The monoisotopic (exact) mass is 365 g/mol. The van der Waals surface area contributed by atoms with E-state index in [1.54, 1.807) is 30.3 Å². The smallest absolute Gasteiger partial charge is 0.292 e. The van der Waals surface area contributed by atoms with E-state index in [0.717, 1.165) is 0 Å². The highest BCUT2D eigenvalue weighted by molar-refractivity contribution is 6.07. The molecule has 0 aromatic heterocycles. The zero-order valence-corrected chi connectivity index (χ0v) is 14.2. The second-order valence-electron chi connectivity index (χ2n) is 5.30. The third kappa shape index (κ3) is 5.40. The SMILES string of the molecule is CC(=O)Nc1ccc(N/C=C(/C#N)C(=O)Nc2ccccc2[N+](=O)[O-])cc1. The first-order valence-electron chi connectivity index (χ1n) is 7.70. The predicted molar refractivity (Wildman–Crippen MR) is 99.8 cm³/mol. The van der Waals surface area contributed by atoms with Gasteiger partial charge in [-0.2, -0.15) is 5.26 Å². The topological polar surface area (TPSA) is 137 Å². The van der Waals surface area contributed by atoms with Crippen molar-refractivity contribution >= 4 is 34.6 Å². The zero-order chi connectivity index (χ0) is 19.8. The molecule has 3 N–H and O–H groups in total. The van der Waals surface area contributed by atoms with Gasteiger partial charge in [-0.3, -0.25) is 19.7 Å². The summed E-state index contributed by atoms with van der Waals surface area (Å²) < 4.78 is 0. The molecule has 0 fully saturated rings. The van der Waals surface area contributed by atoms with Crippen LogP contribution >= 0.6 is 0 Å². The highest BCUT2D eigenvalue weighted by atomic mass is 16.6. The number of nitrogens with zero attached hydrogens (tertiary/aromatic N) is 2. The van der Waals surface area contributed by atoms with Gasteiger partial charge in [0.25, 0.3) is 11.6 Å². The van der Waals surface area contributed by atoms with Crippen molar-refractivity contribution in [1.82, 2.24) is 0 Å². The Kier molecular flexibility index (Phi) is 6.22. The number of nitro groups is 1. The lowest BCUT2D eigenvalue weighted by atomic mass is 10.2. The normalized spacial score (nSPS) is 10.4. The van der Waals surface area contributed by atoms with E-state index in [4.69, 9.17) is 0 Å². The molecular weight excluding hydrogens is 350 g/mol. The number of nitrogens with one attached hydrogen (secondary N) is 3. The van der Waals surface area contributed by atoms with Crippen LogP contribution in [0.5, 0.6) is 0 Å². The molecule has 0 unspecified atom stereocenters. The van der Waals surface area contributed by atoms with Gasteiger partial charge in [0.05, 0.1) is 4.92 Å². The van der Waals surface area contributed by atoms with Gasteiger partial charge in [0.2, 0.25) is 5.91 Å². The second kappa shape index (κ2) is 8.77. The maximum Gasteiger partial charge on any atom is 0.292 e. The lowest BCUT2D eigenvalue weighted by Gasteiger charge is -2.07. The molecule has 2 aromatic carbocycles. The fraction of sp³-hybridized carbons (Fsp3) is 0.0556. The van der Waals surface area contributed by atoms with Gasteiger partial charge in [0, 0.05) is 30.6 Å². The number of carbonyl (C=O) groups is 2. The first kappa shape index (κ1) is 19.1. The van der Waals surface area contributed by atoms with Gasteiger partial charge < -0.3 is 16.0 Å². The number of nitriles is 1. The molecule has 2 amide bonds. The highest BCUT2D eigenvalue weighted by Gasteiger charge is 2.17. The molecule has 0 radical (unpaired) electrons. The summed E-state index contributed by atoms with van der Waals surface area (Å²) in [5, 5.41) is 27.9. The summed E-state index contributed by atoms with van der Waals surface area (Å²) in [5.74, 6) is -0.983. The van der Waals surface area contributed by atoms with Crippen LogP contribution < -0.4 is 16.0 Å². The minimum atomic E-state index is -0.783. The van der Waals surface area contributed by atoms with Crippen LogP contribution in [0.15, 0.2) is 60.3 Å². The Hall–Kier alpha value is -4.19.